The summed E-state index contributed by atoms with van der Waals surface area (Å²) >= 11 is 0. The number of fused-ring (bicyclic) bond motifs is 1. The van der Waals surface area contributed by atoms with Crippen molar-refractivity contribution in [3.8, 4) is 0 Å². The standard InChI is InChI=1S/C18H29NO/c1-10(2)15-8-19-13(6)17-12(5)14(7)20-9-16(11(3)4)18(15)17/h8,10-12,14,16H,9H2,1-7H3/t12-,14+,16?/m1/s1. The van der Waals surface area contributed by atoms with Gasteiger partial charge in [-0.3, -0.25) is 4.98 Å². The number of nitrogens with zero attached hydrogens (tertiary/aromatic N) is 1. The Labute approximate surface area is 124 Å². The van der Waals surface area contributed by atoms with Gasteiger partial charge < -0.3 is 4.74 Å². The molecule has 0 fully saturated rings. The van der Waals surface area contributed by atoms with E-state index < -0.39 is 0 Å². The van der Waals surface area contributed by atoms with Gasteiger partial charge >= 0.3 is 0 Å². The van der Waals surface area contributed by atoms with E-state index in [0.717, 1.165) is 6.61 Å². The van der Waals surface area contributed by atoms with Gasteiger partial charge in [0.1, 0.15) is 0 Å². The lowest BCUT2D eigenvalue weighted by Crippen LogP contribution is -2.17. The van der Waals surface area contributed by atoms with Gasteiger partial charge in [0.15, 0.2) is 0 Å². The van der Waals surface area contributed by atoms with Crippen molar-refractivity contribution in [2.75, 3.05) is 6.61 Å². The molecule has 0 aliphatic carbocycles. The van der Waals surface area contributed by atoms with E-state index >= 15 is 0 Å². The van der Waals surface area contributed by atoms with Crippen LogP contribution >= 0.6 is 0 Å². The molecule has 0 saturated carbocycles. The molecule has 0 bridgehead atoms. The quantitative estimate of drug-likeness (QED) is 0.775. The Balaban J connectivity index is 2.71. The van der Waals surface area contributed by atoms with Crippen LogP contribution in [0.25, 0.3) is 0 Å². The fourth-order valence-corrected chi connectivity index (χ4v) is 3.35. The first-order valence-corrected chi connectivity index (χ1v) is 7.95. The lowest BCUT2D eigenvalue weighted by atomic mass is 9.78. The SMILES string of the molecule is Cc1ncc(C(C)C)c2c1[C@H](C)[C@H](C)OCC2C(C)C. The summed E-state index contributed by atoms with van der Waals surface area (Å²) in [7, 11) is 0. The minimum Gasteiger partial charge on any atom is -0.377 e. The van der Waals surface area contributed by atoms with Crippen molar-refractivity contribution in [2.24, 2.45) is 5.92 Å². The third-order valence-electron chi connectivity index (χ3n) is 4.88. The van der Waals surface area contributed by atoms with Crippen LogP contribution in [-0.4, -0.2) is 17.7 Å². The average molecular weight is 275 g/mol. The van der Waals surface area contributed by atoms with Gasteiger partial charge in [0.2, 0.25) is 0 Å². The molecular weight excluding hydrogens is 246 g/mol. The van der Waals surface area contributed by atoms with E-state index in [2.05, 4.69) is 59.6 Å². The molecule has 2 heteroatoms. The highest BCUT2D eigenvalue weighted by molar-refractivity contribution is 5.44. The maximum absolute atomic E-state index is 6.13. The lowest BCUT2D eigenvalue weighted by molar-refractivity contribution is 0.0419. The fraction of sp³-hybridized carbons (Fsp3) is 0.722. The van der Waals surface area contributed by atoms with Crippen LogP contribution < -0.4 is 0 Å². The molecule has 3 atom stereocenters. The summed E-state index contributed by atoms with van der Waals surface area (Å²) in [5.41, 5.74) is 5.56. The number of aromatic nitrogens is 1. The largest absolute Gasteiger partial charge is 0.377 e. The van der Waals surface area contributed by atoms with E-state index in [-0.39, 0.29) is 6.10 Å². The van der Waals surface area contributed by atoms with Crippen LogP contribution in [0.2, 0.25) is 0 Å². The molecule has 0 aromatic carbocycles. The van der Waals surface area contributed by atoms with E-state index in [9.17, 15) is 0 Å². The van der Waals surface area contributed by atoms with Gasteiger partial charge in [0, 0.05) is 23.7 Å². The van der Waals surface area contributed by atoms with Crippen LogP contribution in [-0.2, 0) is 4.74 Å². The zero-order valence-electron chi connectivity index (χ0n) is 14.0. The van der Waals surface area contributed by atoms with Crippen LogP contribution in [0.3, 0.4) is 0 Å². The maximum atomic E-state index is 6.13. The summed E-state index contributed by atoms with van der Waals surface area (Å²) < 4.78 is 6.13. The molecule has 0 spiro atoms. The predicted octanol–water partition coefficient (Wildman–Crippen LogP) is 4.78. The molecule has 0 N–H and O–H groups in total. The summed E-state index contributed by atoms with van der Waals surface area (Å²) in [5, 5.41) is 0. The van der Waals surface area contributed by atoms with Crippen LogP contribution in [0.4, 0.5) is 0 Å². The van der Waals surface area contributed by atoms with Gasteiger partial charge in [-0.05, 0) is 42.4 Å². The van der Waals surface area contributed by atoms with Crippen LogP contribution in [0, 0.1) is 12.8 Å². The van der Waals surface area contributed by atoms with Gasteiger partial charge in [0.05, 0.1) is 12.7 Å². The van der Waals surface area contributed by atoms with Crippen molar-refractivity contribution >= 4 is 0 Å². The van der Waals surface area contributed by atoms with E-state index in [0.29, 0.717) is 23.7 Å². The Bertz CT molecular complexity index is 479. The molecule has 2 heterocycles. The third-order valence-corrected chi connectivity index (χ3v) is 4.88. The molecule has 1 unspecified atom stereocenters. The normalized spacial score (nSPS) is 26.8. The third kappa shape index (κ3) is 2.63. The van der Waals surface area contributed by atoms with Crippen molar-refractivity contribution in [1.29, 1.82) is 0 Å². The van der Waals surface area contributed by atoms with E-state index in [1.165, 1.54) is 22.4 Å². The first-order chi connectivity index (χ1) is 9.34. The van der Waals surface area contributed by atoms with Crippen molar-refractivity contribution in [3.63, 3.8) is 0 Å². The maximum Gasteiger partial charge on any atom is 0.0613 e. The molecule has 112 valence electrons. The van der Waals surface area contributed by atoms with Gasteiger partial charge in [-0.15, -0.1) is 0 Å². The number of rotatable bonds is 2. The molecule has 20 heavy (non-hydrogen) atoms. The van der Waals surface area contributed by atoms with E-state index in [4.69, 9.17) is 4.74 Å². The topological polar surface area (TPSA) is 22.1 Å². The van der Waals surface area contributed by atoms with Crippen LogP contribution in [0.1, 0.15) is 81.7 Å². The summed E-state index contributed by atoms with van der Waals surface area (Å²) in [4.78, 5) is 4.68. The highest BCUT2D eigenvalue weighted by Crippen LogP contribution is 2.41. The molecule has 2 nitrogen and oxygen atoms in total. The Morgan fingerprint density at radius 1 is 1.15 bits per heavy atom. The van der Waals surface area contributed by atoms with Gasteiger partial charge in [0.25, 0.3) is 0 Å². The van der Waals surface area contributed by atoms with Crippen molar-refractivity contribution in [1.82, 2.24) is 4.98 Å². The first-order valence-electron chi connectivity index (χ1n) is 7.95. The first kappa shape index (κ1) is 15.5. The highest BCUT2D eigenvalue weighted by Gasteiger charge is 2.33. The van der Waals surface area contributed by atoms with Crippen LogP contribution in [0.5, 0.6) is 0 Å². The van der Waals surface area contributed by atoms with Crippen molar-refractivity contribution in [3.05, 3.63) is 28.6 Å². The summed E-state index contributed by atoms with van der Waals surface area (Å²) in [6.45, 7) is 16.6. The second-order valence-corrected chi connectivity index (χ2v) is 6.96. The molecule has 0 saturated heterocycles. The second-order valence-electron chi connectivity index (χ2n) is 6.96. The summed E-state index contributed by atoms with van der Waals surface area (Å²) in [6, 6.07) is 0. The lowest BCUT2D eigenvalue weighted by Gasteiger charge is -2.27. The smallest absolute Gasteiger partial charge is 0.0613 e. The highest BCUT2D eigenvalue weighted by atomic mass is 16.5. The van der Waals surface area contributed by atoms with E-state index in [1.807, 2.05) is 0 Å². The van der Waals surface area contributed by atoms with Gasteiger partial charge in [-0.2, -0.15) is 0 Å². The molecule has 1 aliphatic rings. The number of hydrogen-bond donors (Lipinski definition) is 0. The molecule has 1 aromatic heterocycles. The Hall–Kier alpha value is -0.890. The number of pyridine rings is 1. The summed E-state index contributed by atoms with van der Waals surface area (Å²) in [6.07, 6.45) is 2.36. The zero-order valence-corrected chi connectivity index (χ0v) is 14.0. The van der Waals surface area contributed by atoms with Crippen molar-refractivity contribution in [2.45, 2.75) is 72.3 Å². The van der Waals surface area contributed by atoms with Gasteiger partial charge in [-0.1, -0.05) is 34.6 Å². The Morgan fingerprint density at radius 2 is 1.80 bits per heavy atom. The molecule has 2 rings (SSSR count). The summed E-state index contributed by atoms with van der Waals surface area (Å²) in [5.74, 6) is 2.00. The molecule has 1 aliphatic heterocycles. The number of ether oxygens (including phenoxy) is 1. The predicted molar refractivity (Wildman–Crippen MR) is 84.5 cm³/mol. The Kier molecular flexibility index (Phi) is 4.53. The zero-order chi connectivity index (χ0) is 15.0. The van der Waals surface area contributed by atoms with Crippen LogP contribution in [0.15, 0.2) is 6.20 Å². The second kappa shape index (κ2) is 5.85. The van der Waals surface area contributed by atoms with Gasteiger partial charge in [-0.25, -0.2) is 0 Å². The monoisotopic (exact) mass is 275 g/mol. The minimum absolute atomic E-state index is 0.264. The molecular formula is C18H29NO. The fourth-order valence-electron chi connectivity index (χ4n) is 3.35. The molecule has 0 radical (unpaired) electrons. The molecule has 0 amide bonds. The average Bonchev–Trinajstić information content (AvgIpc) is 2.49. The Morgan fingerprint density at radius 3 is 2.35 bits per heavy atom. The number of hydrogen-bond acceptors (Lipinski definition) is 2. The van der Waals surface area contributed by atoms with Crippen molar-refractivity contribution < 1.29 is 4.74 Å². The molecule has 1 aromatic rings. The number of aryl methyl sites for hydroxylation is 1. The minimum atomic E-state index is 0.264. The van der Waals surface area contributed by atoms with E-state index in [1.54, 1.807) is 0 Å².